The Hall–Kier alpha value is -1.91. The zero-order valence-corrected chi connectivity index (χ0v) is 12.6. The second-order valence-electron chi connectivity index (χ2n) is 4.15. The second-order valence-corrected chi connectivity index (χ2v) is 4.15. The predicted octanol–water partition coefficient (Wildman–Crippen LogP) is 2.85. The van der Waals surface area contributed by atoms with Gasteiger partial charge in [-0.2, -0.15) is 0 Å². The van der Waals surface area contributed by atoms with Crippen LogP contribution in [0, 0.1) is 0 Å². The van der Waals surface area contributed by atoms with Gasteiger partial charge in [0.1, 0.15) is 6.04 Å². The summed E-state index contributed by atoms with van der Waals surface area (Å²) in [5.74, 6) is 1.08. The Labute approximate surface area is 120 Å². The van der Waals surface area contributed by atoms with Gasteiger partial charge in [-0.15, -0.1) is 0 Å². The molecule has 0 amide bonds. The molecule has 5 heteroatoms. The summed E-state index contributed by atoms with van der Waals surface area (Å²) < 4.78 is 16.0. The van der Waals surface area contributed by atoms with Crippen LogP contribution in [0.2, 0.25) is 0 Å². The fourth-order valence-corrected chi connectivity index (χ4v) is 1.72. The summed E-state index contributed by atoms with van der Waals surface area (Å²) in [5, 5.41) is 3.08. The van der Waals surface area contributed by atoms with Crippen molar-refractivity contribution in [1.29, 1.82) is 0 Å². The Morgan fingerprint density at radius 2 is 1.75 bits per heavy atom. The topological polar surface area (TPSA) is 56.8 Å². The van der Waals surface area contributed by atoms with Gasteiger partial charge < -0.3 is 19.5 Å². The first-order chi connectivity index (χ1) is 9.62. The molecule has 1 aromatic carbocycles. The first-order valence-corrected chi connectivity index (χ1v) is 6.95. The van der Waals surface area contributed by atoms with E-state index in [2.05, 4.69) is 5.32 Å². The molecule has 0 heterocycles. The Bertz CT molecular complexity index is 434. The molecular weight excluding hydrogens is 258 g/mol. The van der Waals surface area contributed by atoms with Crippen LogP contribution < -0.4 is 14.8 Å². The third kappa shape index (κ3) is 4.64. The average Bonchev–Trinajstić information content (AvgIpc) is 2.42. The summed E-state index contributed by atoms with van der Waals surface area (Å²) in [6.07, 6.45) is 0. The molecule has 1 unspecified atom stereocenters. The molecule has 0 bridgehead atoms. The van der Waals surface area contributed by atoms with E-state index >= 15 is 0 Å². The third-order valence-corrected chi connectivity index (χ3v) is 2.57. The minimum Gasteiger partial charge on any atom is -0.490 e. The average molecular weight is 281 g/mol. The normalized spacial score (nSPS) is 11.6. The molecule has 20 heavy (non-hydrogen) atoms. The van der Waals surface area contributed by atoms with Crippen molar-refractivity contribution in [2.45, 2.75) is 33.7 Å². The molecule has 1 aromatic rings. The molecule has 1 N–H and O–H groups in total. The van der Waals surface area contributed by atoms with Gasteiger partial charge in [0.05, 0.1) is 19.8 Å². The van der Waals surface area contributed by atoms with Gasteiger partial charge in [0.2, 0.25) is 0 Å². The maximum Gasteiger partial charge on any atom is 0.328 e. The lowest BCUT2D eigenvalue weighted by molar-refractivity contribution is -0.143. The zero-order chi connectivity index (χ0) is 15.0. The van der Waals surface area contributed by atoms with Gasteiger partial charge in [-0.05, 0) is 39.8 Å². The van der Waals surface area contributed by atoms with Gasteiger partial charge in [-0.3, -0.25) is 0 Å². The molecular formula is C15H23NO4. The highest BCUT2D eigenvalue weighted by atomic mass is 16.5. The number of nitrogens with one attached hydrogen (secondary N) is 1. The summed E-state index contributed by atoms with van der Waals surface area (Å²) in [6.45, 7) is 8.88. The van der Waals surface area contributed by atoms with Crippen LogP contribution in [0.3, 0.4) is 0 Å². The number of carbonyl (C=O) groups excluding carboxylic acids is 1. The van der Waals surface area contributed by atoms with Gasteiger partial charge in [-0.25, -0.2) is 4.79 Å². The number of anilines is 1. The van der Waals surface area contributed by atoms with Crippen molar-refractivity contribution in [2.24, 2.45) is 0 Å². The lowest BCUT2D eigenvalue weighted by Gasteiger charge is -2.16. The van der Waals surface area contributed by atoms with Gasteiger partial charge in [0.25, 0.3) is 0 Å². The molecule has 0 fully saturated rings. The van der Waals surface area contributed by atoms with Crippen LogP contribution in [-0.2, 0) is 9.53 Å². The summed E-state index contributed by atoms with van der Waals surface area (Å²) in [4.78, 5) is 11.6. The molecule has 0 aromatic heterocycles. The Morgan fingerprint density at radius 3 is 2.35 bits per heavy atom. The van der Waals surface area contributed by atoms with Gasteiger partial charge in [0, 0.05) is 11.8 Å². The van der Waals surface area contributed by atoms with Gasteiger partial charge in [0.15, 0.2) is 11.5 Å². The quantitative estimate of drug-likeness (QED) is 0.743. The van der Waals surface area contributed by atoms with Crippen LogP contribution in [-0.4, -0.2) is 31.8 Å². The lowest BCUT2D eigenvalue weighted by atomic mass is 10.2. The van der Waals surface area contributed by atoms with E-state index in [1.807, 2.05) is 32.0 Å². The molecule has 0 spiro atoms. The van der Waals surface area contributed by atoms with Crippen LogP contribution in [0.25, 0.3) is 0 Å². The SMILES string of the molecule is CCOC(=O)C(C)Nc1ccc(OCC)c(OCC)c1. The van der Waals surface area contributed by atoms with Gasteiger partial charge >= 0.3 is 5.97 Å². The van der Waals surface area contributed by atoms with Crippen molar-refractivity contribution in [1.82, 2.24) is 0 Å². The third-order valence-electron chi connectivity index (χ3n) is 2.57. The molecule has 1 rings (SSSR count). The molecule has 0 saturated carbocycles. The smallest absolute Gasteiger partial charge is 0.328 e. The standard InChI is InChI=1S/C15H23NO4/c1-5-18-13-9-8-12(10-14(13)19-6-2)16-11(4)15(17)20-7-3/h8-11,16H,5-7H2,1-4H3. The fourth-order valence-electron chi connectivity index (χ4n) is 1.72. The first-order valence-electron chi connectivity index (χ1n) is 6.95. The first kappa shape index (κ1) is 16.1. The van der Waals surface area contributed by atoms with Crippen molar-refractivity contribution in [2.75, 3.05) is 25.1 Å². The van der Waals surface area contributed by atoms with Crippen LogP contribution in [0.15, 0.2) is 18.2 Å². The maximum atomic E-state index is 11.6. The van der Waals surface area contributed by atoms with Crippen LogP contribution in [0.1, 0.15) is 27.7 Å². The number of benzene rings is 1. The molecule has 0 aliphatic carbocycles. The molecule has 0 radical (unpaired) electrons. The largest absolute Gasteiger partial charge is 0.490 e. The summed E-state index contributed by atoms with van der Waals surface area (Å²) in [7, 11) is 0. The van der Waals surface area contributed by atoms with Crippen LogP contribution in [0.4, 0.5) is 5.69 Å². The predicted molar refractivity (Wildman–Crippen MR) is 78.5 cm³/mol. The molecule has 112 valence electrons. The van der Waals surface area contributed by atoms with Crippen LogP contribution in [0.5, 0.6) is 11.5 Å². The van der Waals surface area contributed by atoms with E-state index < -0.39 is 6.04 Å². The highest BCUT2D eigenvalue weighted by Gasteiger charge is 2.14. The van der Waals surface area contributed by atoms with E-state index in [4.69, 9.17) is 14.2 Å². The van der Waals surface area contributed by atoms with Crippen molar-refractivity contribution >= 4 is 11.7 Å². The number of hydrogen-bond donors (Lipinski definition) is 1. The summed E-state index contributed by atoms with van der Waals surface area (Å²) in [5.41, 5.74) is 0.789. The monoisotopic (exact) mass is 281 g/mol. The summed E-state index contributed by atoms with van der Waals surface area (Å²) >= 11 is 0. The maximum absolute atomic E-state index is 11.6. The van der Waals surface area contributed by atoms with E-state index in [0.29, 0.717) is 31.3 Å². The van der Waals surface area contributed by atoms with E-state index in [1.54, 1.807) is 13.8 Å². The molecule has 5 nitrogen and oxygen atoms in total. The van der Waals surface area contributed by atoms with E-state index in [9.17, 15) is 4.79 Å². The molecule has 0 aliphatic heterocycles. The van der Waals surface area contributed by atoms with Crippen molar-refractivity contribution in [3.63, 3.8) is 0 Å². The Kier molecular flexibility index (Phi) is 6.70. The van der Waals surface area contributed by atoms with Gasteiger partial charge in [-0.1, -0.05) is 0 Å². The second kappa shape index (κ2) is 8.30. The Balaban J connectivity index is 2.80. The van der Waals surface area contributed by atoms with E-state index in [-0.39, 0.29) is 5.97 Å². The van der Waals surface area contributed by atoms with E-state index in [0.717, 1.165) is 5.69 Å². The minimum absolute atomic E-state index is 0.278. The summed E-state index contributed by atoms with van der Waals surface area (Å²) in [6, 6.07) is 5.09. The van der Waals surface area contributed by atoms with Crippen molar-refractivity contribution in [3.8, 4) is 11.5 Å². The van der Waals surface area contributed by atoms with Crippen molar-refractivity contribution < 1.29 is 19.0 Å². The molecule has 1 atom stereocenters. The van der Waals surface area contributed by atoms with E-state index in [1.165, 1.54) is 0 Å². The zero-order valence-electron chi connectivity index (χ0n) is 12.6. The fraction of sp³-hybridized carbons (Fsp3) is 0.533. The lowest BCUT2D eigenvalue weighted by Crippen LogP contribution is -2.28. The highest BCUT2D eigenvalue weighted by Crippen LogP contribution is 2.30. The molecule has 0 aliphatic rings. The van der Waals surface area contributed by atoms with Crippen LogP contribution >= 0.6 is 0 Å². The number of ether oxygens (including phenoxy) is 3. The van der Waals surface area contributed by atoms with Crippen molar-refractivity contribution in [3.05, 3.63) is 18.2 Å². The number of carbonyl (C=O) groups is 1. The number of hydrogen-bond acceptors (Lipinski definition) is 5. The number of rotatable bonds is 8. The Morgan fingerprint density at radius 1 is 1.10 bits per heavy atom. The molecule has 0 saturated heterocycles. The number of esters is 1. The minimum atomic E-state index is -0.414. The highest BCUT2D eigenvalue weighted by molar-refractivity contribution is 5.79.